The van der Waals surface area contributed by atoms with Gasteiger partial charge in [-0.25, -0.2) is 9.18 Å². The van der Waals surface area contributed by atoms with Gasteiger partial charge in [0.05, 0.1) is 5.56 Å². The monoisotopic (exact) mass is 209 g/mol. The van der Waals surface area contributed by atoms with Crippen LogP contribution in [-0.2, 0) is 0 Å². The summed E-state index contributed by atoms with van der Waals surface area (Å²) >= 11 is 0. The number of rotatable bonds is 3. The van der Waals surface area contributed by atoms with Crippen LogP contribution in [0, 0.1) is 5.82 Å². The molecule has 1 fully saturated rings. The van der Waals surface area contributed by atoms with E-state index in [1.165, 1.54) is 12.1 Å². The van der Waals surface area contributed by atoms with Crippen LogP contribution in [0.1, 0.15) is 30.1 Å². The van der Waals surface area contributed by atoms with Crippen molar-refractivity contribution in [1.29, 1.82) is 0 Å². The zero-order chi connectivity index (χ0) is 11.1. The maximum atomic E-state index is 12.9. The Hall–Kier alpha value is -1.58. The third kappa shape index (κ3) is 2.09. The number of halogens is 1. The van der Waals surface area contributed by atoms with Gasteiger partial charge in [0.25, 0.3) is 0 Å². The lowest BCUT2D eigenvalue weighted by molar-refractivity contribution is 0.0697. The Kier molecular flexibility index (Phi) is 2.14. The first kappa shape index (κ1) is 9.96. The summed E-state index contributed by atoms with van der Waals surface area (Å²) in [6.07, 6.45) is 2.03. The van der Waals surface area contributed by atoms with E-state index in [2.05, 4.69) is 5.32 Å². The lowest BCUT2D eigenvalue weighted by atomic mass is 10.1. The molecule has 1 aliphatic rings. The van der Waals surface area contributed by atoms with E-state index >= 15 is 0 Å². The van der Waals surface area contributed by atoms with Crippen molar-refractivity contribution in [2.24, 2.45) is 0 Å². The molecular weight excluding hydrogens is 197 g/mol. The molecule has 1 aliphatic carbocycles. The number of aromatic carboxylic acids is 1. The molecule has 0 aliphatic heterocycles. The molecule has 80 valence electrons. The first-order chi connectivity index (χ1) is 7.00. The molecule has 0 saturated heterocycles. The van der Waals surface area contributed by atoms with Crippen LogP contribution in [0.2, 0.25) is 0 Å². The molecule has 4 heteroatoms. The molecule has 2 rings (SSSR count). The standard InChI is InChI=1S/C11H12FNO2/c1-11(4-5-11)13-9-3-2-7(12)6-8(9)10(14)15/h2-3,6,13H,4-5H2,1H3,(H,14,15). The largest absolute Gasteiger partial charge is 0.478 e. The Labute approximate surface area is 86.9 Å². The van der Waals surface area contributed by atoms with Crippen molar-refractivity contribution in [2.45, 2.75) is 25.3 Å². The van der Waals surface area contributed by atoms with Gasteiger partial charge in [-0.15, -0.1) is 0 Å². The lowest BCUT2D eigenvalue weighted by Crippen LogP contribution is -2.18. The first-order valence-corrected chi connectivity index (χ1v) is 4.81. The minimum Gasteiger partial charge on any atom is -0.478 e. The third-order valence-corrected chi connectivity index (χ3v) is 2.65. The number of nitrogens with one attached hydrogen (secondary N) is 1. The fourth-order valence-corrected chi connectivity index (χ4v) is 1.44. The van der Waals surface area contributed by atoms with Crippen molar-refractivity contribution >= 4 is 11.7 Å². The van der Waals surface area contributed by atoms with Crippen molar-refractivity contribution in [2.75, 3.05) is 5.32 Å². The molecule has 0 bridgehead atoms. The Morgan fingerprint density at radius 3 is 2.73 bits per heavy atom. The quantitative estimate of drug-likeness (QED) is 0.804. The number of carboxylic acids is 1. The number of anilines is 1. The van der Waals surface area contributed by atoms with Crippen LogP contribution in [-0.4, -0.2) is 16.6 Å². The van der Waals surface area contributed by atoms with Gasteiger partial charge in [-0.1, -0.05) is 0 Å². The summed E-state index contributed by atoms with van der Waals surface area (Å²) in [7, 11) is 0. The van der Waals surface area contributed by atoms with E-state index in [0.29, 0.717) is 5.69 Å². The molecule has 0 aromatic heterocycles. The van der Waals surface area contributed by atoms with Crippen LogP contribution in [0.5, 0.6) is 0 Å². The van der Waals surface area contributed by atoms with E-state index in [-0.39, 0.29) is 11.1 Å². The summed E-state index contributed by atoms with van der Waals surface area (Å²) in [6, 6.07) is 3.78. The molecule has 2 N–H and O–H groups in total. The number of hydrogen-bond donors (Lipinski definition) is 2. The van der Waals surface area contributed by atoms with E-state index in [1.807, 2.05) is 6.92 Å². The topological polar surface area (TPSA) is 49.3 Å². The maximum absolute atomic E-state index is 12.9. The average Bonchev–Trinajstić information content (AvgIpc) is 2.87. The number of carbonyl (C=O) groups is 1. The Balaban J connectivity index is 2.32. The van der Waals surface area contributed by atoms with Crippen molar-refractivity contribution in [3.63, 3.8) is 0 Å². The summed E-state index contributed by atoms with van der Waals surface area (Å²) in [5.41, 5.74) is 0.467. The molecule has 0 radical (unpaired) electrons. The van der Waals surface area contributed by atoms with Crippen LogP contribution in [0.25, 0.3) is 0 Å². The van der Waals surface area contributed by atoms with Crippen molar-refractivity contribution in [3.05, 3.63) is 29.6 Å². The van der Waals surface area contributed by atoms with Gasteiger partial charge in [-0.3, -0.25) is 0 Å². The van der Waals surface area contributed by atoms with Crippen LogP contribution in [0.15, 0.2) is 18.2 Å². The number of carboxylic acid groups (broad SMARTS) is 1. The highest BCUT2D eigenvalue weighted by atomic mass is 19.1. The van der Waals surface area contributed by atoms with Gasteiger partial charge >= 0.3 is 5.97 Å². The molecule has 1 aromatic rings. The summed E-state index contributed by atoms with van der Waals surface area (Å²) in [5, 5.41) is 12.0. The molecule has 1 aromatic carbocycles. The Bertz CT molecular complexity index is 413. The predicted molar refractivity (Wildman–Crippen MR) is 54.6 cm³/mol. The van der Waals surface area contributed by atoms with Gasteiger partial charge in [0.1, 0.15) is 5.82 Å². The maximum Gasteiger partial charge on any atom is 0.337 e. The van der Waals surface area contributed by atoms with Gasteiger partial charge in [0.2, 0.25) is 0 Å². The molecule has 0 heterocycles. The van der Waals surface area contributed by atoms with E-state index in [0.717, 1.165) is 18.9 Å². The summed E-state index contributed by atoms with van der Waals surface area (Å²) in [6.45, 7) is 2.02. The summed E-state index contributed by atoms with van der Waals surface area (Å²) in [4.78, 5) is 10.9. The summed E-state index contributed by atoms with van der Waals surface area (Å²) < 4.78 is 12.9. The molecule has 15 heavy (non-hydrogen) atoms. The predicted octanol–water partition coefficient (Wildman–Crippen LogP) is 2.49. The highest BCUT2D eigenvalue weighted by Crippen LogP contribution is 2.38. The second-order valence-corrected chi connectivity index (χ2v) is 4.18. The van der Waals surface area contributed by atoms with Crippen molar-refractivity contribution in [3.8, 4) is 0 Å². The van der Waals surface area contributed by atoms with Crippen LogP contribution in [0.4, 0.5) is 10.1 Å². The van der Waals surface area contributed by atoms with Crippen molar-refractivity contribution in [1.82, 2.24) is 0 Å². The second kappa shape index (κ2) is 3.22. The molecule has 0 unspecified atom stereocenters. The SMILES string of the molecule is CC1(Nc2ccc(F)cc2C(=O)O)CC1. The van der Waals surface area contributed by atoms with E-state index in [4.69, 9.17) is 5.11 Å². The van der Waals surface area contributed by atoms with E-state index in [9.17, 15) is 9.18 Å². The number of benzene rings is 1. The van der Waals surface area contributed by atoms with Gasteiger partial charge in [-0.2, -0.15) is 0 Å². The zero-order valence-corrected chi connectivity index (χ0v) is 8.38. The average molecular weight is 209 g/mol. The van der Waals surface area contributed by atoms with Crippen molar-refractivity contribution < 1.29 is 14.3 Å². The molecule has 1 saturated carbocycles. The molecule has 3 nitrogen and oxygen atoms in total. The number of hydrogen-bond acceptors (Lipinski definition) is 2. The van der Waals surface area contributed by atoms with Gasteiger partial charge < -0.3 is 10.4 Å². The highest BCUT2D eigenvalue weighted by Gasteiger charge is 2.37. The zero-order valence-electron chi connectivity index (χ0n) is 8.38. The fraction of sp³-hybridized carbons (Fsp3) is 0.364. The third-order valence-electron chi connectivity index (χ3n) is 2.65. The fourth-order valence-electron chi connectivity index (χ4n) is 1.44. The van der Waals surface area contributed by atoms with Gasteiger partial charge in [0.15, 0.2) is 0 Å². The van der Waals surface area contributed by atoms with Crippen LogP contribution in [0.3, 0.4) is 0 Å². The second-order valence-electron chi connectivity index (χ2n) is 4.18. The normalized spacial score (nSPS) is 17.2. The van der Waals surface area contributed by atoms with E-state index < -0.39 is 11.8 Å². The smallest absolute Gasteiger partial charge is 0.337 e. The van der Waals surface area contributed by atoms with Crippen LogP contribution >= 0.6 is 0 Å². The molecule has 0 atom stereocenters. The molecule has 0 spiro atoms. The molecule has 0 amide bonds. The van der Waals surface area contributed by atoms with Crippen LogP contribution < -0.4 is 5.32 Å². The lowest BCUT2D eigenvalue weighted by Gasteiger charge is -2.15. The highest BCUT2D eigenvalue weighted by molar-refractivity contribution is 5.94. The Morgan fingerprint density at radius 1 is 1.53 bits per heavy atom. The minimum atomic E-state index is -1.11. The summed E-state index contributed by atoms with van der Waals surface area (Å²) in [5.74, 6) is -1.64. The minimum absolute atomic E-state index is 0.0110. The van der Waals surface area contributed by atoms with E-state index in [1.54, 1.807) is 0 Å². The van der Waals surface area contributed by atoms with Gasteiger partial charge in [-0.05, 0) is 38.0 Å². The van der Waals surface area contributed by atoms with Gasteiger partial charge in [0, 0.05) is 11.2 Å². The molecular formula is C11H12FNO2. The Morgan fingerprint density at radius 2 is 2.20 bits per heavy atom. The first-order valence-electron chi connectivity index (χ1n) is 4.81.